The topological polar surface area (TPSA) is 76.5 Å². The molecule has 22 heavy (non-hydrogen) atoms. The maximum Gasteiger partial charge on any atom is 0.258 e. The molecule has 1 N–H and O–H groups in total. The van der Waals surface area contributed by atoms with Crippen LogP contribution < -0.4 is 0 Å². The maximum absolute atomic E-state index is 10.8. The first-order valence-electron chi connectivity index (χ1n) is 7.35. The molecule has 0 amide bonds. The van der Waals surface area contributed by atoms with Crippen molar-refractivity contribution in [2.24, 2.45) is 0 Å². The quantitative estimate of drug-likeness (QED) is 0.722. The van der Waals surface area contributed by atoms with Crippen LogP contribution in [0.2, 0.25) is 5.15 Å². The number of aromatic nitrogens is 4. The van der Waals surface area contributed by atoms with E-state index in [1.165, 1.54) is 11.3 Å². The molecule has 8 heteroatoms. The van der Waals surface area contributed by atoms with E-state index in [0.29, 0.717) is 29.5 Å². The van der Waals surface area contributed by atoms with Crippen molar-refractivity contribution in [1.29, 1.82) is 0 Å². The zero-order chi connectivity index (χ0) is 15.2. The van der Waals surface area contributed by atoms with Gasteiger partial charge in [-0.05, 0) is 12.8 Å². The summed E-state index contributed by atoms with van der Waals surface area (Å²) in [5, 5.41) is 17.1. The summed E-state index contributed by atoms with van der Waals surface area (Å²) in [6, 6.07) is 0. The molecule has 6 nitrogen and oxygen atoms in total. The maximum atomic E-state index is 10.8. The number of fused-ring (bicyclic) bond motifs is 1. The van der Waals surface area contributed by atoms with Gasteiger partial charge in [-0.3, -0.25) is 4.40 Å². The molecule has 0 radical (unpaired) electrons. The normalized spacial score (nSPS) is 18.6. The predicted molar refractivity (Wildman–Crippen MR) is 83.0 cm³/mol. The van der Waals surface area contributed by atoms with Crippen molar-refractivity contribution in [1.82, 2.24) is 19.5 Å². The zero-order valence-electron chi connectivity index (χ0n) is 11.8. The standard InChI is InChI=1S/C14H15ClN4O2S/c15-10-9(19-7-8-22-13(19)16-10)11-17-12(21-18-11)14(20)5-3-1-2-4-6-14/h7-8,20H,1-6H2. The Morgan fingerprint density at radius 2 is 2.00 bits per heavy atom. The Labute approximate surface area is 135 Å². The van der Waals surface area contributed by atoms with Crippen LogP contribution >= 0.6 is 22.9 Å². The second-order valence-corrected chi connectivity index (χ2v) is 6.91. The molecule has 0 unspecified atom stereocenters. The summed E-state index contributed by atoms with van der Waals surface area (Å²) in [4.78, 5) is 9.46. The van der Waals surface area contributed by atoms with Crippen LogP contribution in [-0.2, 0) is 5.60 Å². The molecule has 0 aliphatic heterocycles. The largest absolute Gasteiger partial charge is 0.380 e. The van der Waals surface area contributed by atoms with E-state index in [1.54, 1.807) is 0 Å². The summed E-state index contributed by atoms with van der Waals surface area (Å²) in [7, 11) is 0. The van der Waals surface area contributed by atoms with E-state index in [2.05, 4.69) is 15.1 Å². The Morgan fingerprint density at radius 1 is 1.23 bits per heavy atom. The summed E-state index contributed by atoms with van der Waals surface area (Å²) in [6.45, 7) is 0. The fourth-order valence-corrected chi connectivity index (χ4v) is 4.02. The van der Waals surface area contributed by atoms with Gasteiger partial charge in [0, 0.05) is 11.6 Å². The Bertz CT molecular complexity index is 801. The monoisotopic (exact) mass is 338 g/mol. The fourth-order valence-electron chi connectivity index (χ4n) is 3.00. The number of hydrogen-bond acceptors (Lipinski definition) is 6. The number of halogens is 1. The Balaban J connectivity index is 1.75. The summed E-state index contributed by atoms with van der Waals surface area (Å²) < 4.78 is 7.19. The van der Waals surface area contributed by atoms with Crippen LogP contribution in [0, 0.1) is 0 Å². The molecule has 1 aliphatic carbocycles. The van der Waals surface area contributed by atoms with Crippen molar-refractivity contribution >= 4 is 27.9 Å². The van der Waals surface area contributed by atoms with E-state index in [9.17, 15) is 5.11 Å². The van der Waals surface area contributed by atoms with Gasteiger partial charge in [0.25, 0.3) is 5.89 Å². The van der Waals surface area contributed by atoms with Gasteiger partial charge in [0.15, 0.2) is 10.1 Å². The Kier molecular flexibility index (Phi) is 3.43. The first-order chi connectivity index (χ1) is 10.7. The van der Waals surface area contributed by atoms with E-state index in [0.717, 1.165) is 30.6 Å². The second kappa shape index (κ2) is 5.33. The average Bonchev–Trinajstić information content (AvgIpc) is 3.15. The third kappa shape index (κ3) is 2.24. The van der Waals surface area contributed by atoms with E-state index in [1.807, 2.05) is 16.0 Å². The molecule has 1 fully saturated rings. The van der Waals surface area contributed by atoms with E-state index in [4.69, 9.17) is 16.1 Å². The lowest BCUT2D eigenvalue weighted by Gasteiger charge is -2.21. The second-order valence-electron chi connectivity index (χ2n) is 5.68. The lowest BCUT2D eigenvalue weighted by molar-refractivity contribution is -0.0101. The highest BCUT2D eigenvalue weighted by molar-refractivity contribution is 7.15. The molecule has 1 saturated carbocycles. The van der Waals surface area contributed by atoms with E-state index in [-0.39, 0.29) is 5.89 Å². The van der Waals surface area contributed by atoms with Gasteiger partial charge in [0.05, 0.1) is 0 Å². The van der Waals surface area contributed by atoms with E-state index >= 15 is 0 Å². The summed E-state index contributed by atoms with van der Waals surface area (Å²) >= 11 is 7.68. The van der Waals surface area contributed by atoms with Crippen molar-refractivity contribution in [2.75, 3.05) is 0 Å². The molecular formula is C14H15ClN4O2S. The molecule has 0 atom stereocenters. The molecule has 4 rings (SSSR count). The summed E-state index contributed by atoms with van der Waals surface area (Å²) in [5.74, 6) is 0.647. The molecule has 0 spiro atoms. The molecule has 3 aromatic heterocycles. The van der Waals surface area contributed by atoms with Crippen LogP contribution in [-0.4, -0.2) is 24.6 Å². The molecule has 0 saturated heterocycles. The van der Waals surface area contributed by atoms with Gasteiger partial charge in [0.2, 0.25) is 5.82 Å². The van der Waals surface area contributed by atoms with Gasteiger partial charge in [-0.15, -0.1) is 11.3 Å². The van der Waals surface area contributed by atoms with Crippen LogP contribution in [0.15, 0.2) is 16.1 Å². The highest BCUT2D eigenvalue weighted by atomic mass is 35.5. The van der Waals surface area contributed by atoms with Crippen molar-refractivity contribution in [2.45, 2.75) is 44.1 Å². The summed E-state index contributed by atoms with van der Waals surface area (Å²) in [5.41, 5.74) is -0.419. The van der Waals surface area contributed by atoms with Crippen molar-refractivity contribution in [3.63, 3.8) is 0 Å². The van der Waals surface area contributed by atoms with Crippen molar-refractivity contribution < 1.29 is 9.63 Å². The highest BCUT2D eigenvalue weighted by Gasteiger charge is 2.36. The summed E-state index contributed by atoms with van der Waals surface area (Å²) in [6.07, 6.45) is 7.38. The minimum absolute atomic E-state index is 0.283. The minimum Gasteiger partial charge on any atom is -0.380 e. The number of nitrogens with zero attached hydrogens (tertiary/aromatic N) is 4. The number of aliphatic hydroxyl groups is 1. The third-order valence-electron chi connectivity index (χ3n) is 4.19. The van der Waals surface area contributed by atoms with Gasteiger partial charge >= 0.3 is 0 Å². The van der Waals surface area contributed by atoms with Crippen LogP contribution in [0.1, 0.15) is 44.4 Å². The lowest BCUT2D eigenvalue weighted by atomic mass is 9.94. The molecule has 116 valence electrons. The Hall–Kier alpha value is -1.44. The lowest BCUT2D eigenvalue weighted by Crippen LogP contribution is -2.25. The molecule has 3 heterocycles. The number of hydrogen-bond donors (Lipinski definition) is 1. The molecule has 0 bridgehead atoms. The van der Waals surface area contributed by atoms with Crippen LogP contribution in [0.25, 0.3) is 16.5 Å². The van der Waals surface area contributed by atoms with Crippen LogP contribution in [0.3, 0.4) is 0 Å². The number of thiazole rings is 1. The predicted octanol–water partition coefficient (Wildman–Crippen LogP) is 3.64. The molecule has 1 aliphatic rings. The SMILES string of the molecule is OC1(c2nc(-c3c(Cl)nc4sccn34)no2)CCCCCC1. The first kappa shape index (κ1) is 14.2. The zero-order valence-corrected chi connectivity index (χ0v) is 13.4. The molecular weight excluding hydrogens is 324 g/mol. The smallest absolute Gasteiger partial charge is 0.258 e. The first-order valence-corrected chi connectivity index (χ1v) is 8.61. The third-order valence-corrected chi connectivity index (χ3v) is 5.21. The highest BCUT2D eigenvalue weighted by Crippen LogP contribution is 2.36. The molecule has 3 aromatic rings. The number of imidazole rings is 1. The van der Waals surface area contributed by atoms with Crippen LogP contribution in [0.4, 0.5) is 0 Å². The number of rotatable bonds is 2. The van der Waals surface area contributed by atoms with Gasteiger partial charge < -0.3 is 9.63 Å². The van der Waals surface area contributed by atoms with Crippen LogP contribution in [0.5, 0.6) is 0 Å². The van der Waals surface area contributed by atoms with Crippen molar-refractivity contribution in [3.8, 4) is 11.5 Å². The molecule has 0 aromatic carbocycles. The van der Waals surface area contributed by atoms with Crippen molar-refractivity contribution in [3.05, 3.63) is 22.6 Å². The average molecular weight is 339 g/mol. The van der Waals surface area contributed by atoms with Gasteiger partial charge in [0.1, 0.15) is 11.3 Å². The minimum atomic E-state index is -1.02. The van der Waals surface area contributed by atoms with Gasteiger partial charge in [-0.2, -0.15) is 4.98 Å². The van der Waals surface area contributed by atoms with Gasteiger partial charge in [-0.25, -0.2) is 4.98 Å². The van der Waals surface area contributed by atoms with E-state index < -0.39 is 5.60 Å². The van der Waals surface area contributed by atoms with Gasteiger partial charge in [-0.1, -0.05) is 42.4 Å². The fraction of sp³-hybridized carbons (Fsp3) is 0.500. The Morgan fingerprint density at radius 3 is 2.77 bits per heavy atom.